The van der Waals surface area contributed by atoms with Crippen molar-refractivity contribution in [3.63, 3.8) is 0 Å². The summed E-state index contributed by atoms with van der Waals surface area (Å²) < 4.78 is 35.4. The Balaban J connectivity index is 0. The van der Waals surface area contributed by atoms with Crippen LogP contribution in [0, 0.1) is 0 Å². The molecule has 0 rings (SSSR count). The second kappa shape index (κ2) is 9.08. The van der Waals surface area contributed by atoms with E-state index in [1.165, 1.54) is 0 Å². The predicted octanol–water partition coefficient (Wildman–Crippen LogP) is 0.867. The number of hydrogen-bond donors (Lipinski definition) is 2. The molecule has 0 radical (unpaired) electrons. The fourth-order valence-electron chi connectivity index (χ4n) is 0.651. The summed E-state index contributed by atoms with van der Waals surface area (Å²) in [5, 5.41) is 2.05. The van der Waals surface area contributed by atoms with Crippen LogP contribution in [0.4, 0.5) is 13.2 Å². The molecule has 0 heterocycles. The summed E-state index contributed by atoms with van der Waals surface area (Å²) in [6.45, 7) is -0.289. The maximum absolute atomic E-state index is 12.2. The smallest absolute Gasteiger partial charge is 0.271 e. The summed E-state index contributed by atoms with van der Waals surface area (Å²) in [5.74, 6) is -0.450. The van der Waals surface area contributed by atoms with Crippen LogP contribution < -0.4 is 11.1 Å². The summed E-state index contributed by atoms with van der Waals surface area (Å²) in [6.07, 6.45) is -4.72. The zero-order valence-electron chi connectivity index (χ0n) is 7.51. The molecule has 0 saturated carbocycles. The number of carbonyl (C=O) groups excluding carboxylic acids is 1. The maximum Gasteiger partial charge on any atom is 0.271 e. The van der Waals surface area contributed by atoms with Crippen LogP contribution in [0.3, 0.4) is 0 Å². The lowest BCUT2D eigenvalue weighted by Crippen LogP contribution is -2.33. The average Bonchev–Trinajstić information content (AvgIpc) is 2.10. The van der Waals surface area contributed by atoms with E-state index in [0.29, 0.717) is 13.0 Å². The molecule has 0 aromatic heterocycles. The minimum Gasteiger partial charge on any atom is -0.353 e. The van der Waals surface area contributed by atoms with Crippen molar-refractivity contribution in [1.82, 2.24) is 5.32 Å². The molecule has 0 fully saturated rings. The first-order valence-electron chi connectivity index (χ1n) is 3.97. The molecule has 0 spiro atoms. The lowest BCUT2D eigenvalue weighted by atomic mass is 10.3. The van der Waals surface area contributed by atoms with E-state index >= 15 is 0 Å². The van der Waals surface area contributed by atoms with Crippen molar-refractivity contribution in [2.24, 2.45) is 5.73 Å². The average molecular weight is 235 g/mol. The van der Waals surface area contributed by atoms with Crippen molar-refractivity contribution in [2.45, 2.75) is 25.4 Å². The molecule has 7 heteroatoms. The Hall–Kier alpha value is -0.490. The van der Waals surface area contributed by atoms with E-state index in [2.05, 4.69) is 0 Å². The number of nitrogens with one attached hydrogen (secondary N) is 1. The van der Waals surface area contributed by atoms with Gasteiger partial charge in [-0.3, -0.25) is 4.79 Å². The van der Waals surface area contributed by atoms with Gasteiger partial charge < -0.3 is 11.1 Å². The van der Waals surface area contributed by atoms with Gasteiger partial charge in [-0.1, -0.05) is 0 Å². The Morgan fingerprint density at radius 3 is 2.36 bits per heavy atom. The fourth-order valence-corrected chi connectivity index (χ4v) is 0.651. The third-order valence-corrected chi connectivity index (χ3v) is 1.38. The minimum atomic E-state index is -3.05. The van der Waals surface area contributed by atoms with Crippen molar-refractivity contribution in [3.05, 3.63) is 0 Å². The minimum absolute atomic E-state index is 0. The second-order valence-corrected chi connectivity index (χ2v) is 2.55. The lowest BCUT2D eigenvalue weighted by Gasteiger charge is -2.08. The monoisotopic (exact) mass is 234 g/mol. The lowest BCUT2D eigenvalue weighted by molar-refractivity contribution is -0.121. The van der Waals surface area contributed by atoms with Gasteiger partial charge in [0.15, 0.2) is 6.17 Å². The fraction of sp³-hybridized carbons (Fsp3) is 0.857. The van der Waals surface area contributed by atoms with Gasteiger partial charge >= 0.3 is 0 Å². The Morgan fingerprint density at radius 2 is 1.93 bits per heavy atom. The number of amides is 1. The Bertz CT molecular complexity index is 160. The van der Waals surface area contributed by atoms with Crippen molar-refractivity contribution in [3.8, 4) is 0 Å². The number of alkyl halides is 3. The van der Waals surface area contributed by atoms with Gasteiger partial charge in [0.25, 0.3) is 6.43 Å². The molecule has 0 saturated heterocycles. The van der Waals surface area contributed by atoms with Gasteiger partial charge in [-0.2, -0.15) is 0 Å². The maximum atomic E-state index is 12.2. The first-order valence-corrected chi connectivity index (χ1v) is 3.97. The van der Waals surface area contributed by atoms with E-state index < -0.39 is 25.0 Å². The van der Waals surface area contributed by atoms with Crippen LogP contribution in [0.1, 0.15) is 12.8 Å². The van der Waals surface area contributed by atoms with Gasteiger partial charge in [0.05, 0.1) is 6.54 Å². The first kappa shape index (κ1) is 16.0. The third-order valence-electron chi connectivity index (χ3n) is 1.38. The van der Waals surface area contributed by atoms with Crippen LogP contribution in [0.2, 0.25) is 0 Å². The molecular weight excluding hydrogens is 221 g/mol. The molecule has 0 aliphatic rings. The highest BCUT2D eigenvalue weighted by Gasteiger charge is 2.19. The molecular formula is C7H14ClF3N2O. The Morgan fingerprint density at radius 1 is 1.36 bits per heavy atom. The van der Waals surface area contributed by atoms with E-state index in [9.17, 15) is 18.0 Å². The van der Waals surface area contributed by atoms with Crippen LogP contribution in [-0.4, -0.2) is 31.6 Å². The summed E-state index contributed by atoms with van der Waals surface area (Å²) in [4.78, 5) is 10.8. The number of rotatable bonds is 6. The molecule has 0 bridgehead atoms. The summed E-state index contributed by atoms with van der Waals surface area (Å²) in [7, 11) is 0. The quantitative estimate of drug-likeness (QED) is 0.717. The molecule has 86 valence electrons. The molecule has 1 atom stereocenters. The largest absolute Gasteiger partial charge is 0.353 e. The van der Waals surface area contributed by atoms with Gasteiger partial charge in [-0.05, 0) is 13.0 Å². The number of halogens is 4. The normalized spacial score (nSPS) is 12.1. The van der Waals surface area contributed by atoms with Gasteiger partial charge in [-0.15, -0.1) is 12.4 Å². The van der Waals surface area contributed by atoms with E-state index in [4.69, 9.17) is 5.73 Å². The highest BCUT2D eigenvalue weighted by molar-refractivity contribution is 5.85. The SMILES string of the molecule is Cl.NCCCC(=O)NCC(F)C(F)F. The molecule has 3 nitrogen and oxygen atoms in total. The highest BCUT2D eigenvalue weighted by Crippen LogP contribution is 2.03. The molecule has 0 aliphatic heterocycles. The van der Waals surface area contributed by atoms with Crippen molar-refractivity contribution in [2.75, 3.05) is 13.1 Å². The molecule has 1 amide bonds. The van der Waals surface area contributed by atoms with Gasteiger partial charge in [0.1, 0.15) is 0 Å². The number of nitrogens with two attached hydrogens (primary N) is 1. The Kier molecular flexibility index (Phi) is 10.4. The van der Waals surface area contributed by atoms with Crippen molar-refractivity contribution in [1.29, 1.82) is 0 Å². The third kappa shape index (κ3) is 8.12. The molecule has 0 aliphatic carbocycles. The van der Waals surface area contributed by atoms with Gasteiger partial charge in [0.2, 0.25) is 5.91 Å². The summed E-state index contributed by atoms with van der Waals surface area (Å²) in [6, 6.07) is 0. The second-order valence-electron chi connectivity index (χ2n) is 2.55. The predicted molar refractivity (Wildman–Crippen MR) is 49.4 cm³/mol. The topological polar surface area (TPSA) is 55.1 Å². The molecule has 14 heavy (non-hydrogen) atoms. The molecule has 0 aromatic carbocycles. The molecule has 0 aromatic rings. The van der Waals surface area contributed by atoms with E-state index in [0.717, 1.165) is 0 Å². The van der Waals surface area contributed by atoms with Gasteiger partial charge in [0, 0.05) is 6.42 Å². The number of carbonyl (C=O) groups is 1. The highest BCUT2D eigenvalue weighted by atomic mass is 35.5. The van der Waals surface area contributed by atoms with Crippen molar-refractivity contribution >= 4 is 18.3 Å². The molecule has 1 unspecified atom stereocenters. The van der Waals surface area contributed by atoms with E-state index in [1.807, 2.05) is 5.32 Å². The zero-order chi connectivity index (χ0) is 10.3. The molecule has 3 N–H and O–H groups in total. The van der Waals surface area contributed by atoms with Crippen LogP contribution in [0.25, 0.3) is 0 Å². The van der Waals surface area contributed by atoms with E-state index in [1.54, 1.807) is 0 Å². The summed E-state index contributed by atoms with van der Waals surface area (Å²) in [5.41, 5.74) is 5.11. The van der Waals surface area contributed by atoms with Gasteiger partial charge in [-0.25, -0.2) is 13.2 Å². The van der Waals surface area contributed by atoms with Crippen LogP contribution in [0.15, 0.2) is 0 Å². The van der Waals surface area contributed by atoms with Crippen molar-refractivity contribution < 1.29 is 18.0 Å². The first-order chi connectivity index (χ1) is 6.07. The van der Waals surface area contributed by atoms with Crippen LogP contribution in [-0.2, 0) is 4.79 Å². The van der Waals surface area contributed by atoms with Crippen LogP contribution >= 0.6 is 12.4 Å². The van der Waals surface area contributed by atoms with E-state index in [-0.39, 0.29) is 18.8 Å². The Labute approximate surface area is 86.6 Å². The summed E-state index contributed by atoms with van der Waals surface area (Å²) >= 11 is 0. The zero-order valence-corrected chi connectivity index (χ0v) is 8.33. The van der Waals surface area contributed by atoms with Crippen LogP contribution in [0.5, 0.6) is 0 Å². The standard InChI is InChI=1S/C7H13F3N2O.ClH/c8-5(7(9)10)4-12-6(13)2-1-3-11;/h5,7H,1-4,11H2,(H,12,13);1H. The number of hydrogen-bond acceptors (Lipinski definition) is 2.